The molecule has 2 nitrogen and oxygen atoms in total. The highest BCUT2D eigenvalue weighted by atomic mass is 32.1. The summed E-state index contributed by atoms with van der Waals surface area (Å²) in [4.78, 5) is 3.61. The smallest absolute Gasteiger partial charge is 0.0917 e. The van der Waals surface area contributed by atoms with Gasteiger partial charge in [0.15, 0.2) is 0 Å². The number of thiophene rings is 1. The molecule has 0 aliphatic carbocycles. The van der Waals surface area contributed by atoms with Crippen molar-refractivity contribution in [1.82, 2.24) is 4.90 Å². The molecule has 0 radical (unpaired) electrons. The lowest BCUT2D eigenvalue weighted by Crippen LogP contribution is -2.27. The van der Waals surface area contributed by atoms with Crippen LogP contribution >= 0.6 is 11.3 Å². The molecule has 1 aromatic carbocycles. The fourth-order valence-corrected chi connectivity index (χ4v) is 2.70. The molecule has 18 heavy (non-hydrogen) atoms. The highest BCUT2D eigenvalue weighted by molar-refractivity contribution is 7.09. The van der Waals surface area contributed by atoms with Gasteiger partial charge in [0.1, 0.15) is 0 Å². The fraction of sp³-hybridized carbons (Fsp3) is 0.333. The van der Waals surface area contributed by atoms with Crippen molar-refractivity contribution in [2.45, 2.75) is 19.6 Å². The van der Waals surface area contributed by atoms with Crippen LogP contribution in [0.1, 0.15) is 23.5 Å². The zero-order valence-corrected chi connectivity index (χ0v) is 11.4. The predicted octanol–water partition coefficient (Wildman–Crippen LogP) is 3.30. The summed E-state index contributed by atoms with van der Waals surface area (Å²) < 4.78 is 0. The Morgan fingerprint density at radius 3 is 2.56 bits per heavy atom. The maximum Gasteiger partial charge on any atom is 0.0917 e. The minimum Gasteiger partial charge on any atom is -0.387 e. The van der Waals surface area contributed by atoms with Gasteiger partial charge in [0.2, 0.25) is 0 Å². The van der Waals surface area contributed by atoms with E-state index in [0.717, 1.165) is 18.7 Å². The van der Waals surface area contributed by atoms with Gasteiger partial charge in [-0.2, -0.15) is 0 Å². The molecule has 0 aliphatic rings. The van der Waals surface area contributed by atoms with E-state index in [9.17, 15) is 5.11 Å². The first-order chi connectivity index (χ1) is 8.79. The highest BCUT2D eigenvalue weighted by Crippen LogP contribution is 2.17. The van der Waals surface area contributed by atoms with E-state index in [2.05, 4.69) is 29.3 Å². The maximum absolute atomic E-state index is 10.2. The molecule has 1 atom stereocenters. The Bertz CT molecular complexity index is 441. The van der Waals surface area contributed by atoms with Gasteiger partial charge in [-0.25, -0.2) is 0 Å². The lowest BCUT2D eigenvalue weighted by molar-refractivity contribution is 0.113. The first-order valence-electron chi connectivity index (χ1n) is 6.27. The van der Waals surface area contributed by atoms with Crippen molar-refractivity contribution in [3.8, 4) is 0 Å². The van der Waals surface area contributed by atoms with Crippen molar-refractivity contribution in [3.63, 3.8) is 0 Å². The monoisotopic (exact) mass is 261 g/mol. The third-order valence-electron chi connectivity index (χ3n) is 3.02. The van der Waals surface area contributed by atoms with Gasteiger partial charge in [0.25, 0.3) is 0 Å². The van der Waals surface area contributed by atoms with E-state index < -0.39 is 6.10 Å². The number of rotatable bonds is 6. The number of hydrogen-bond acceptors (Lipinski definition) is 3. The van der Waals surface area contributed by atoms with Gasteiger partial charge in [-0.1, -0.05) is 43.3 Å². The topological polar surface area (TPSA) is 23.5 Å². The Kier molecular flexibility index (Phi) is 4.93. The minimum absolute atomic E-state index is 0.411. The Labute approximate surface area is 113 Å². The van der Waals surface area contributed by atoms with E-state index >= 15 is 0 Å². The second-order valence-corrected chi connectivity index (χ2v) is 5.37. The standard InChI is InChI=1S/C15H19NOS/c1-2-16(11-14-9-6-10-18-14)12-15(17)13-7-4-3-5-8-13/h3-10,15,17H,2,11-12H2,1H3. The molecule has 2 aromatic rings. The van der Waals surface area contributed by atoms with E-state index in [4.69, 9.17) is 0 Å². The van der Waals surface area contributed by atoms with Crippen LogP contribution in [0.3, 0.4) is 0 Å². The van der Waals surface area contributed by atoms with E-state index in [1.165, 1.54) is 4.88 Å². The predicted molar refractivity (Wildman–Crippen MR) is 76.7 cm³/mol. The van der Waals surface area contributed by atoms with E-state index in [1.807, 2.05) is 30.3 Å². The molecule has 0 bridgehead atoms. The van der Waals surface area contributed by atoms with Crippen LogP contribution in [0.5, 0.6) is 0 Å². The quantitative estimate of drug-likeness (QED) is 0.862. The molecule has 1 heterocycles. The van der Waals surface area contributed by atoms with Gasteiger partial charge in [-0.05, 0) is 23.6 Å². The van der Waals surface area contributed by atoms with Crippen molar-refractivity contribution in [1.29, 1.82) is 0 Å². The van der Waals surface area contributed by atoms with Gasteiger partial charge < -0.3 is 5.11 Å². The summed E-state index contributed by atoms with van der Waals surface area (Å²) in [5, 5.41) is 12.3. The van der Waals surface area contributed by atoms with Crippen LogP contribution in [0.25, 0.3) is 0 Å². The van der Waals surface area contributed by atoms with Crippen molar-refractivity contribution < 1.29 is 5.11 Å². The van der Waals surface area contributed by atoms with Crippen molar-refractivity contribution >= 4 is 11.3 Å². The van der Waals surface area contributed by atoms with Gasteiger partial charge in [-0.3, -0.25) is 4.90 Å². The lowest BCUT2D eigenvalue weighted by Gasteiger charge is -2.23. The summed E-state index contributed by atoms with van der Waals surface area (Å²) >= 11 is 1.77. The number of hydrogen-bond donors (Lipinski definition) is 1. The van der Waals surface area contributed by atoms with Crippen LogP contribution in [-0.2, 0) is 6.54 Å². The van der Waals surface area contributed by atoms with Crippen LogP contribution in [0.2, 0.25) is 0 Å². The zero-order chi connectivity index (χ0) is 12.8. The summed E-state index contributed by atoms with van der Waals surface area (Å²) in [6, 6.07) is 14.1. The molecule has 0 amide bonds. The molecule has 1 N–H and O–H groups in total. The van der Waals surface area contributed by atoms with Crippen molar-refractivity contribution in [2.75, 3.05) is 13.1 Å². The number of aliphatic hydroxyl groups excluding tert-OH is 1. The fourth-order valence-electron chi connectivity index (χ4n) is 1.95. The largest absolute Gasteiger partial charge is 0.387 e. The van der Waals surface area contributed by atoms with Crippen LogP contribution < -0.4 is 0 Å². The minimum atomic E-state index is -0.411. The molecule has 3 heteroatoms. The van der Waals surface area contributed by atoms with Gasteiger partial charge in [0, 0.05) is 18.0 Å². The van der Waals surface area contributed by atoms with Crippen LogP contribution in [0.4, 0.5) is 0 Å². The molecular formula is C15H19NOS. The second-order valence-electron chi connectivity index (χ2n) is 4.33. The maximum atomic E-state index is 10.2. The van der Waals surface area contributed by atoms with Gasteiger partial charge in [-0.15, -0.1) is 11.3 Å². The first-order valence-corrected chi connectivity index (χ1v) is 7.15. The van der Waals surface area contributed by atoms with E-state index in [-0.39, 0.29) is 0 Å². The zero-order valence-electron chi connectivity index (χ0n) is 10.6. The Morgan fingerprint density at radius 1 is 1.17 bits per heavy atom. The molecule has 0 spiro atoms. The van der Waals surface area contributed by atoms with Crippen LogP contribution in [0.15, 0.2) is 47.8 Å². The molecule has 0 fully saturated rings. The number of nitrogens with zero attached hydrogens (tertiary/aromatic N) is 1. The Hall–Kier alpha value is -1.16. The third-order valence-corrected chi connectivity index (χ3v) is 3.88. The average Bonchev–Trinajstić information content (AvgIpc) is 2.91. The molecule has 1 unspecified atom stereocenters. The van der Waals surface area contributed by atoms with Crippen molar-refractivity contribution in [3.05, 3.63) is 58.3 Å². The van der Waals surface area contributed by atoms with Crippen molar-refractivity contribution in [2.24, 2.45) is 0 Å². The molecule has 2 rings (SSSR count). The number of benzene rings is 1. The molecule has 0 saturated heterocycles. The SMILES string of the molecule is CCN(Cc1cccs1)CC(O)c1ccccc1. The van der Waals surface area contributed by atoms with Gasteiger partial charge >= 0.3 is 0 Å². The Morgan fingerprint density at radius 2 is 1.94 bits per heavy atom. The van der Waals surface area contributed by atoms with Gasteiger partial charge in [0.05, 0.1) is 6.10 Å². The normalized spacial score (nSPS) is 12.8. The van der Waals surface area contributed by atoms with E-state index in [0.29, 0.717) is 6.54 Å². The molecule has 96 valence electrons. The third kappa shape index (κ3) is 3.67. The first kappa shape index (κ1) is 13.3. The summed E-state index contributed by atoms with van der Waals surface area (Å²) in [5.74, 6) is 0. The Balaban J connectivity index is 1.94. The lowest BCUT2D eigenvalue weighted by atomic mass is 10.1. The average molecular weight is 261 g/mol. The highest BCUT2D eigenvalue weighted by Gasteiger charge is 2.12. The second kappa shape index (κ2) is 6.69. The molecular weight excluding hydrogens is 242 g/mol. The molecule has 0 saturated carbocycles. The van der Waals surface area contributed by atoms with Crippen LogP contribution in [0, 0.1) is 0 Å². The molecule has 0 aliphatic heterocycles. The summed E-state index contributed by atoms with van der Waals surface area (Å²) in [6.45, 7) is 4.67. The molecule has 1 aromatic heterocycles. The number of aliphatic hydroxyl groups is 1. The van der Waals surface area contributed by atoms with Crippen LogP contribution in [-0.4, -0.2) is 23.1 Å². The number of likely N-dealkylation sites (N-methyl/N-ethyl adjacent to an activating group) is 1. The summed E-state index contributed by atoms with van der Waals surface area (Å²) in [5.41, 5.74) is 0.988. The van der Waals surface area contributed by atoms with E-state index in [1.54, 1.807) is 11.3 Å². The summed E-state index contributed by atoms with van der Waals surface area (Å²) in [6.07, 6.45) is -0.411. The summed E-state index contributed by atoms with van der Waals surface area (Å²) in [7, 11) is 0.